The van der Waals surface area contributed by atoms with E-state index in [1.54, 1.807) is 0 Å². The number of piperidine rings is 1. The van der Waals surface area contributed by atoms with Gasteiger partial charge in [0, 0.05) is 6.04 Å². The first kappa shape index (κ1) is 16.2. The maximum atomic E-state index is 11.7. The van der Waals surface area contributed by atoms with Crippen molar-refractivity contribution >= 4 is 11.9 Å². The molecule has 0 bridgehead atoms. The predicted octanol–water partition coefficient (Wildman–Crippen LogP) is 0.574. The van der Waals surface area contributed by atoms with Gasteiger partial charge in [-0.05, 0) is 45.7 Å². The summed E-state index contributed by atoms with van der Waals surface area (Å²) in [6.07, 6.45) is 2.12. The lowest BCUT2D eigenvalue weighted by Gasteiger charge is -2.36. The Labute approximate surface area is 125 Å². The molecule has 2 fully saturated rings. The van der Waals surface area contributed by atoms with Crippen LogP contribution in [0.4, 0.5) is 0 Å². The van der Waals surface area contributed by atoms with Crippen molar-refractivity contribution in [3.63, 3.8) is 0 Å². The standard InChI is InChI=1S/C15H25NO5/c1-3-21-15(19)10-4-6-16(7-5-10)12-8-11(9-13(12)17)14(18)20-2/h10-13,17H,3-9H2,1-2H3/t11-,12+,13-/m0/s1. The minimum absolute atomic E-state index is 0.00255. The molecule has 0 aromatic rings. The first-order valence-electron chi connectivity index (χ1n) is 7.73. The van der Waals surface area contributed by atoms with Crippen LogP contribution in [0.1, 0.15) is 32.6 Å². The average molecular weight is 299 g/mol. The van der Waals surface area contributed by atoms with Crippen LogP contribution < -0.4 is 0 Å². The quantitative estimate of drug-likeness (QED) is 0.765. The second-order valence-corrected chi connectivity index (χ2v) is 5.89. The molecule has 2 aliphatic rings. The Morgan fingerprint density at radius 3 is 2.38 bits per heavy atom. The molecule has 1 saturated heterocycles. The van der Waals surface area contributed by atoms with Gasteiger partial charge >= 0.3 is 11.9 Å². The number of methoxy groups -OCH3 is 1. The summed E-state index contributed by atoms with van der Waals surface area (Å²) in [6, 6.07) is -0.00255. The Morgan fingerprint density at radius 2 is 1.81 bits per heavy atom. The van der Waals surface area contributed by atoms with Crippen molar-refractivity contribution in [2.24, 2.45) is 11.8 Å². The van der Waals surface area contributed by atoms with Crippen molar-refractivity contribution in [3.05, 3.63) is 0 Å². The van der Waals surface area contributed by atoms with Crippen LogP contribution in [-0.2, 0) is 19.1 Å². The number of carbonyl (C=O) groups is 2. The normalized spacial score (nSPS) is 31.1. The number of ether oxygens (including phenoxy) is 2. The molecule has 0 aromatic heterocycles. The Hall–Kier alpha value is -1.14. The highest BCUT2D eigenvalue weighted by Crippen LogP contribution is 2.33. The zero-order valence-electron chi connectivity index (χ0n) is 12.8. The monoisotopic (exact) mass is 299 g/mol. The van der Waals surface area contributed by atoms with Crippen LogP contribution in [0.15, 0.2) is 0 Å². The molecule has 21 heavy (non-hydrogen) atoms. The van der Waals surface area contributed by atoms with Crippen molar-refractivity contribution in [1.29, 1.82) is 0 Å². The summed E-state index contributed by atoms with van der Waals surface area (Å²) in [5.74, 6) is -0.594. The number of nitrogens with zero attached hydrogens (tertiary/aromatic N) is 1. The number of hydrogen-bond donors (Lipinski definition) is 1. The molecule has 1 aliphatic heterocycles. The number of aliphatic hydroxyl groups is 1. The fourth-order valence-electron chi connectivity index (χ4n) is 3.47. The van der Waals surface area contributed by atoms with Crippen LogP contribution in [-0.4, -0.2) is 60.9 Å². The molecular formula is C15H25NO5. The Kier molecular flexibility index (Phi) is 5.58. The van der Waals surface area contributed by atoms with Gasteiger partial charge in [-0.1, -0.05) is 0 Å². The Balaban J connectivity index is 1.85. The van der Waals surface area contributed by atoms with Gasteiger partial charge in [0.25, 0.3) is 0 Å². The van der Waals surface area contributed by atoms with Crippen molar-refractivity contribution < 1.29 is 24.2 Å². The SMILES string of the molecule is CCOC(=O)C1CCN([C@@H]2C[C@H](C(=O)OC)C[C@@H]2O)CC1. The van der Waals surface area contributed by atoms with Crippen LogP contribution in [0.5, 0.6) is 0 Å². The van der Waals surface area contributed by atoms with E-state index in [2.05, 4.69) is 4.90 Å². The minimum Gasteiger partial charge on any atom is -0.469 e. The molecule has 0 unspecified atom stereocenters. The van der Waals surface area contributed by atoms with Crippen LogP contribution in [0, 0.1) is 11.8 Å². The summed E-state index contributed by atoms with van der Waals surface area (Å²) in [5, 5.41) is 10.2. The van der Waals surface area contributed by atoms with E-state index in [0.717, 1.165) is 25.9 Å². The molecule has 0 amide bonds. The second kappa shape index (κ2) is 7.22. The number of likely N-dealkylation sites (tertiary alicyclic amines) is 1. The van der Waals surface area contributed by atoms with Gasteiger partial charge in [-0.15, -0.1) is 0 Å². The molecule has 1 heterocycles. The van der Waals surface area contributed by atoms with Gasteiger partial charge in [0.2, 0.25) is 0 Å². The summed E-state index contributed by atoms with van der Waals surface area (Å²) in [7, 11) is 1.38. The fraction of sp³-hybridized carbons (Fsp3) is 0.867. The summed E-state index contributed by atoms with van der Waals surface area (Å²) in [4.78, 5) is 25.5. The fourth-order valence-corrected chi connectivity index (χ4v) is 3.47. The van der Waals surface area contributed by atoms with Crippen LogP contribution in [0.25, 0.3) is 0 Å². The lowest BCUT2D eigenvalue weighted by Crippen LogP contribution is -2.46. The largest absolute Gasteiger partial charge is 0.469 e. The van der Waals surface area contributed by atoms with E-state index in [1.807, 2.05) is 6.92 Å². The molecule has 2 rings (SSSR count). The number of hydrogen-bond acceptors (Lipinski definition) is 6. The molecule has 1 saturated carbocycles. The number of rotatable bonds is 4. The summed E-state index contributed by atoms with van der Waals surface area (Å²) < 4.78 is 9.82. The zero-order valence-corrected chi connectivity index (χ0v) is 12.8. The number of esters is 2. The maximum Gasteiger partial charge on any atom is 0.309 e. The van der Waals surface area contributed by atoms with E-state index in [1.165, 1.54) is 7.11 Å². The number of carbonyl (C=O) groups excluding carboxylic acids is 2. The van der Waals surface area contributed by atoms with E-state index in [4.69, 9.17) is 9.47 Å². The molecule has 6 nitrogen and oxygen atoms in total. The van der Waals surface area contributed by atoms with E-state index in [-0.39, 0.29) is 29.8 Å². The van der Waals surface area contributed by atoms with Gasteiger partial charge in [0.05, 0.1) is 31.7 Å². The molecule has 0 spiro atoms. The third-order valence-electron chi connectivity index (χ3n) is 4.65. The van der Waals surface area contributed by atoms with E-state index < -0.39 is 6.10 Å². The van der Waals surface area contributed by atoms with Crippen molar-refractivity contribution in [2.45, 2.75) is 44.8 Å². The van der Waals surface area contributed by atoms with Crippen LogP contribution >= 0.6 is 0 Å². The summed E-state index contributed by atoms with van der Waals surface area (Å²) in [5.41, 5.74) is 0. The number of aliphatic hydroxyl groups excluding tert-OH is 1. The maximum absolute atomic E-state index is 11.7. The molecular weight excluding hydrogens is 274 g/mol. The molecule has 6 heteroatoms. The van der Waals surface area contributed by atoms with E-state index >= 15 is 0 Å². The van der Waals surface area contributed by atoms with Crippen molar-refractivity contribution in [3.8, 4) is 0 Å². The third-order valence-corrected chi connectivity index (χ3v) is 4.65. The van der Waals surface area contributed by atoms with E-state index in [0.29, 0.717) is 19.4 Å². The zero-order chi connectivity index (χ0) is 15.4. The van der Waals surface area contributed by atoms with Crippen LogP contribution in [0.2, 0.25) is 0 Å². The highest BCUT2D eigenvalue weighted by Gasteiger charge is 2.41. The lowest BCUT2D eigenvalue weighted by atomic mass is 9.95. The lowest BCUT2D eigenvalue weighted by molar-refractivity contribution is -0.150. The van der Waals surface area contributed by atoms with Crippen molar-refractivity contribution in [2.75, 3.05) is 26.8 Å². The first-order chi connectivity index (χ1) is 10.1. The van der Waals surface area contributed by atoms with Gasteiger partial charge in [-0.3, -0.25) is 14.5 Å². The van der Waals surface area contributed by atoms with Gasteiger partial charge < -0.3 is 14.6 Å². The van der Waals surface area contributed by atoms with Gasteiger partial charge in [0.1, 0.15) is 0 Å². The first-order valence-corrected chi connectivity index (χ1v) is 7.73. The van der Waals surface area contributed by atoms with E-state index in [9.17, 15) is 14.7 Å². The molecule has 1 N–H and O–H groups in total. The average Bonchev–Trinajstić information content (AvgIpc) is 2.89. The van der Waals surface area contributed by atoms with Crippen LogP contribution in [0.3, 0.4) is 0 Å². The molecule has 1 aliphatic carbocycles. The minimum atomic E-state index is -0.492. The smallest absolute Gasteiger partial charge is 0.309 e. The molecule has 0 aromatic carbocycles. The van der Waals surface area contributed by atoms with Gasteiger partial charge in [0.15, 0.2) is 0 Å². The van der Waals surface area contributed by atoms with Crippen molar-refractivity contribution in [1.82, 2.24) is 4.90 Å². The summed E-state index contributed by atoms with van der Waals surface area (Å²) >= 11 is 0. The van der Waals surface area contributed by atoms with Gasteiger partial charge in [-0.25, -0.2) is 0 Å². The third kappa shape index (κ3) is 3.74. The van der Waals surface area contributed by atoms with Gasteiger partial charge in [-0.2, -0.15) is 0 Å². The Morgan fingerprint density at radius 1 is 1.14 bits per heavy atom. The highest BCUT2D eigenvalue weighted by atomic mass is 16.5. The Bertz CT molecular complexity index is 378. The topological polar surface area (TPSA) is 76.1 Å². The molecule has 120 valence electrons. The predicted molar refractivity (Wildman–Crippen MR) is 75.5 cm³/mol. The summed E-state index contributed by atoms with van der Waals surface area (Å²) in [6.45, 7) is 3.76. The highest BCUT2D eigenvalue weighted by molar-refractivity contribution is 5.73. The second-order valence-electron chi connectivity index (χ2n) is 5.89. The molecule has 3 atom stereocenters. The molecule has 0 radical (unpaired) electrons.